The molecule has 49 heavy (non-hydrogen) atoms. The van der Waals surface area contributed by atoms with Gasteiger partial charge in [-0.05, 0) is 26.2 Å². The summed E-state index contributed by atoms with van der Waals surface area (Å²) >= 11 is 0. The number of hydrogen-bond acceptors (Lipinski definition) is 12. The van der Waals surface area contributed by atoms with Gasteiger partial charge < -0.3 is 64.0 Å². The van der Waals surface area contributed by atoms with Crippen LogP contribution in [0.25, 0.3) is 0 Å². The zero-order chi connectivity index (χ0) is 38.0. The molecule has 0 aromatic heterocycles. The van der Waals surface area contributed by atoms with Crippen molar-refractivity contribution in [1.29, 1.82) is 0 Å². The molecule has 276 valence electrons. The van der Waals surface area contributed by atoms with Crippen LogP contribution in [0.2, 0.25) is 0 Å². The van der Waals surface area contributed by atoms with Gasteiger partial charge in [0.1, 0.15) is 30.2 Å². The monoisotopic (exact) mass is 703 g/mol. The summed E-state index contributed by atoms with van der Waals surface area (Å²) in [5.74, 6) is -11.0. The molecule has 0 aliphatic rings. The van der Waals surface area contributed by atoms with Crippen molar-refractivity contribution in [2.45, 2.75) is 83.3 Å². The van der Waals surface area contributed by atoms with Crippen LogP contribution in [0.3, 0.4) is 0 Å². The van der Waals surface area contributed by atoms with Crippen LogP contribution in [0.4, 0.5) is 0 Å². The largest absolute Gasteiger partial charge is 0.481 e. The van der Waals surface area contributed by atoms with E-state index < -0.39 is 127 Å². The Hall–Kier alpha value is -5.38. The van der Waals surface area contributed by atoms with Crippen LogP contribution < -0.4 is 48.7 Å². The van der Waals surface area contributed by atoms with Crippen molar-refractivity contribution in [3.8, 4) is 0 Å². The predicted octanol–water partition coefficient (Wildman–Crippen LogP) is -6.52. The van der Waals surface area contributed by atoms with E-state index in [2.05, 4.69) is 37.2 Å². The van der Waals surface area contributed by atoms with E-state index in [1.807, 2.05) is 0 Å². The van der Waals surface area contributed by atoms with Crippen LogP contribution in [0.1, 0.15) is 47.0 Å². The zero-order valence-electron chi connectivity index (χ0n) is 27.4. The van der Waals surface area contributed by atoms with Gasteiger partial charge in [-0.15, -0.1) is 0 Å². The topological polar surface area (TPSA) is 368 Å². The van der Waals surface area contributed by atoms with Crippen molar-refractivity contribution in [3.63, 3.8) is 0 Å². The maximum atomic E-state index is 13.0. The molecule has 0 unspecified atom stereocenters. The Morgan fingerprint density at radius 2 is 1.20 bits per heavy atom. The van der Waals surface area contributed by atoms with Gasteiger partial charge in [-0.3, -0.25) is 43.2 Å². The molecule has 0 saturated heterocycles. The summed E-state index contributed by atoms with van der Waals surface area (Å²) in [6.07, 6.45) is -3.06. The van der Waals surface area contributed by atoms with E-state index in [9.17, 15) is 63.3 Å². The highest BCUT2D eigenvalue weighted by Gasteiger charge is 2.33. The zero-order valence-corrected chi connectivity index (χ0v) is 27.4. The van der Waals surface area contributed by atoms with Gasteiger partial charge in [-0.1, -0.05) is 13.8 Å². The Kier molecular flexibility index (Phi) is 19.1. The van der Waals surface area contributed by atoms with Crippen LogP contribution in [0.15, 0.2) is 0 Å². The number of aliphatic hydroxyl groups is 1. The van der Waals surface area contributed by atoms with Crippen LogP contribution in [-0.4, -0.2) is 130 Å². The van der Waals surface area contributed by atoms with Crippen LogP contribution in [0.5, 0.6) is 0 Å². The quantitative estimate of drug-likeness (QED) is 0.0499. The number of amides is 8. The van der Waals surface area contributed by atoms with Gasteiger partial charge in [0.15, 0.2) is 0 Å². The van der Waals surface area contributed by atoms with E-state index in [1.54, 1.807) is 0 Å². The lowest BCUT2D eigenvalue weighted by Gasteiger charge is -2.26. The van der Waals surface area contributed by atoms with E-state index in [-0.39, 0.29) is 12.8 Å². The Balaban J connectivity index is 5.45. The van der Waals surface area contributed by atoms with E-state index in [0.717, 1.165) is 6.92 Å². The summed E-state index contributed by atoms with van der Waals surface area (Å²) in [6.45, 7) is 3.57. The van der Waals surface area contributed by atoms with Gasteiger partial charge in [0, 0.05) is 6.42 Å². The lowest BCUT2D eigenvalue weighted by molar-refractivity contribution is -0.142. The second kappa shape index (κ2) is 21.5. The number of aliphatic carboxylic acids is 2. The Bertz CT molecular complexity index is 1260. The van der Waals surface area contributed by atoms with Crippen molar-refractivity contribution < 1.29 is 63.3 Å². The first kappa shape index (κ1) is 43.6. The fraction of sp³-hybridized carbons (Fsp3) is 0.630. The number of rotatable bonds is 22. The maximum absolute atomic E-state index is 13.0. The second-order valence-corrected chi connectivity index (χ2v) is 11.1. The molecule has 22 heteroatoms. The number of carbonyl (C=O) groups excluding carboxylic acids is 8. The average molecular weight is 704 g/mol. The summed E-state index contributed by atoms with van der Waals surface area (Å²) < 4.78 is 0. The fourth-order valence-electron chi connectivity index (χ4n) is 3.79. The number of primary amides is 1. The minimum atomic E-state index is -1.77. The molecule has 0 spiro atoms. The molecule has 0 rings (SSSR count). The molecule has 0 aliphatic heterocycles. The normalized spacial score (nSPS) is 14.3. The predicted molar refractivity (Wildman–Crippen MR) is 165 cm³/mol. The Labute approximate surface area is 280 Å². The third-order valence-corrected chi connectivity index (χ3v) is 6.46. The molecular weight excluding hydrogens is 658 g/mol. The van der Waals surface area contributed by atoms with Gasteiger partial charge in [0.05, 0.1) is 32.2 Å². The van der Waals surface area contributed by atoms with Gasteiger partial charge in [0.2, 0.25) is 47.3 Å². The molecular formula is C27H45N9O13. The molecule has 0 fully saturated rings. The molecule has 22 nitrogen and oxygen atoms in total. The number of hydrogen-bond donors (Lipinski definition) is 12. The molecule has 8 amide bonds. The maximum Gasteiger partial charge on any atom is 0.326 e. The average Bonchev–Trinajstić information content (AvgIpc) is 3.00. The highest BCUT2D eigenvalue weighted by Crippen LogP contribution is 2.06. The SMILES string of the molecule is CC(C)[C@H](NC(=O)[C@H](CC(=O)O)NC(=O)CNC(=O)[C@@H](NC(=O)CNC(=O)CN)[C@@H](C)O)C(=O)N[C@@H](C)C(=O)N[C@@H](CCC(N)=O)C(=O)O. The molecule has 0 radical (unpaired) electrons. The third-order valence-electron chi connectivity index (χ3n) is 6.46. The van der Waals surface area contributed by atoms with Gasteiger partial charge in [-0.2, -0.15) is 0 Å². The Morgan fingerprint density at radius 1 is 0.633 bits per heavy atom. The van der Waals surface area contributed by atoms with Crippen molar-refractivity contribution in [2.24, 2.45) is 17.4 Å². The summed E-state index contributed by atoms with van der Waals surface area (Å²) in [5.41, 5.74) is 10.1. The molecule has 0 aromatic rings. The highest BCUT2D eigenvalue weighted by atomic mass is 16.4. The minimum absolute atomic E-state index is 0.309. The Morgan fingerprint density at radius 3 is 1.69 bits per heavy atom. The first-order valence-electron chi connectivity index (χ1n) is 14.8. The number of carbonyl (C=O) groups is 10. The lowest BCUT2D eigenvalue weighted by Crippen LogP contribution is -2.59. The van der Waals surface area contributed by atoms with Crippen molar-refractivity contribution in [3.05, 3.63) is 0 Å². The second-order valence-electron chi connectivity index (χ2n) is 11.1. The van der Waals surface area contributed by atoms with E-state index in [4.69, 9.17) is 11.5 Å². The molecule has 0 aromatic carbocycles. The van der Waals surface area contributed by atoms with E-state index in [0.29, 0.717) is 0 Å². The minimum Gasteiger partial charge on any atom is -0.481 e. The standard InChI is InChI=1S/C27H45N9O13/c1-11(2)21(26(47)32-12(3)23(44)34-14(27(48)49)5-6-16(29)38)36-24(45)15(7-20(42)43)33-18(40)10-31-25(46)22(13(4)37)35-19(41)9-30-17(39)8-28/h11-15,21-22,37H,5-10,28H2,1-4H3,(H2,29,38)(H,30,39)(H,31,46)(H,32,47)(H,33,40)(H,34,44)(H,35,41)(H,36,45)(H,42,43)(H,48,49)/t12-,13+,14-,15-,21-,22-/m0/s1. The highest BCUT2D eigenvalue weighted by molar-refractivity contribution is 5.97. The first-order valence-corrected chi connectivity index (χ1v) is 14.8. The van der Waals surface area contributed by atoms with Crippen LogP contribution in [0, 0.1) is 5.92 Å². The number of aliphatic hydroxyl groups excluding tert-OH is 1. The van der Waals surface area contributed by atoms with E-state index >= 15 is 0 Å². The lowest BCUT2D eigenvalue weighted by atomic mass is 10.0. The van der Waals surface area contributed by atoms with E-state index in [1.165, 1.54) is 20.8 Å². The summed E-state index contributed by atoms with van der Waals surface area (Å²) in [7, 11) is 0. The van der Waals surface area contributed by atoms with Crippen molar-refractivity contribution in [2.75, 3.05) is 19.6 Å². The first-order chi connectivity index (χ1) is 22.7. The van der Waals surface area contributed by atoms with Gasteiger partial charge >= 0.3 is 11.9 Å². The summed E-state index contributed by atoms with van der Waals surface area (Å²) in [6, 6.07) is -7.55. The number of nitrogens with two attached hydrogens (primary N) is 2. The smallest absolute Gasteiger partial charge is 0.326 e. The van der Waals surface area contributed by atoms with Gasteiger partial charge in [0.25, 0.3) is 0 Å². The van der Waals surface area contributed by atoms with Crippen LogP contribution in [-0.2, 0) is 47.9 Å². The molecule has 14 N–H and O–H groups in total. The molecule has 0 saturated carbocycles. The summed E-state index contributed by atoms with van der Waals surface area (Å²) in [4.78, 5) is 121. The number of carboxylic acid groups (broad SMARTS) is 2. The van der Waals surface area contributed by atoms with Crippen molar-refractivity contribution >= 4 is 59.2 Å². The molecule has 0 heterocycles. The molecule has 0 bridgehead atoms. The van der Waals surface area contributed by atoms with Crippen LogP contribution >= 0.6 is 0 Å². The van der Waals surface area contributed by atoms with Crippen molar-refractivity contribution in [1.82, 2.24) is 37.2 Å². The number of nitrogens with one attached hydrogen (secondary N) is 7. The molecule has 0 aliphatic carbocycles. The van der Waals surface area contributed by atoms with Gasteiger partial charge in [-0.25, -0.2) is 4.79 Å². The molecule has 6 atom stereocenters. The summed E-state index contributed by atoms with van der Waals surface area (Å²) in [5, 5.41) is 43.8. The fourth-order valence-corrected chi connectivity index (χ4v) is 3.79. The number of carboxylic acids is 2. The third kappa shape index (κ3) is 17.4.